The Kier molecular flexibility index (Phi) is 4.53. The zero-order valence-electron chi connectivity index (χ0n) is 11.5. The minimum absolute atomic E-state index is 0.0803. The first-order valence-corrected chi connectivity index (χ1v) is 6.79. The first kappa shape index (κ1) is 14.4. The lowest BCUT2D eigenvalue weighted by atomic mass is 9.95. The van der Waals surface area contributed by atoms with Crippen molar-refractivity contribution in [3.05, 3.63) is 35.4 Å². The number of nitrogens with one attached hydrogen (secondary N) is 1. The summed E-state index contributed by atoms with van der Waals surface area (Å²) in [5.41, 5.74) is 1.01. The lowest BCUT2D eigenvalue weighted by molar-refractivity contribution is -0.0515. The molecule has 4 heteroatoms. The maximum atomic E-state index is 14.0. The molecule has 19 heavy (non-hydrogen) atoms. The van der Waals surface area contributed by atoms with Crippen molar-refractivity contribution in [1.82, 2.24) is 5.32 Å². The highest BCUT2D eigenvalue weighted by atomic mass is 19.3. The van der Waals surface area contributed by atoms with Crippen LogP contribution in [0.25, 0.3) is 0 Å². The molecule has 1 aliphatic heterocycles. The molecule has 1 heterocycles. The fraction of sp³-hybridized carbons (Fsp3) is 0.600. The average Bonchev–Trinajstić information content (AvgIpc) is 2.40. The van der Waals surface area contributed by atoms with E-state index in [2.05, 4.69) is 5.32 Å². The lowest BCUT2D eigenvalue weighted by Gasteiger charge is -2.25. The summed E-state index contributed by atoms with van der Waals surface area (Å²) in [6.45, 7) is 5.42. The second-order valence-electron chi connectivity index (χ2n) is 5.38. The molecule has 1 unspecified atom stereocenters. The Balaban J connectivity index is 2.10. The number of hydrogen-bond donors (Lipinski definition) is 1. The van der Waals surface area contributed by atoms with Gasteiger partial charge in [0.1, 0.15) is 0 Å². The molecule has 1 atom stereocenters. The number of benzene rings is 1. The molecular weight excluding hydrogens is 248 g/mol. The van der Waals surface area contributed by atoms with Gasteiger partial charge in [0.2, 0.25) is 0 Å². The molecule has 2 nitrogen and oxygen atoms in total. The Labute approximate surface area is 113 Å². The highest BCUT2D eigenvalue weighted by molar-refractivity contribution is 5.28. The Bertz CT molecular complexity index is 414. The van der Waals surface area contributed by atoms with Crippen LogP contribution in [0, 0.1) is 5.92 Å². The van der Waals surface area contributed by atoms with E-state index in [0.717, 1.165) is 18.7 Å². The number of hydrogen-bond acceptors (Lipinski definition) is 2. The van der Waals surface area contributed by atoms with Crippen molar-refractivity contribution < 1.29 is 13.5 Å². The third-order valence-corrected chi connectivity index (χ3v) is 3.50. The van der Waals surface area contributed by atoms with Gasteiger partial charge in [-0.25, -0.2) is 8.78 Å². The van der Waals surface area contributed by atoms with E-state index in [1.54, 1.807) is 26.0 Å². The van der Waals surface area contributed by atoms with Gasteiger partial charge in [-0.1, -0.05) is 32.0 Å². The third-order valence-electron chi connectivity index (χ3n) is 3.50. The number of halogens is 2. The molecule has 1 aromatic carbocycles. The molecule has 0 aromatic heterocycles. The molecule has 0 aliphatic carbocycles. The van der Waals surface area contributed by atoms with Gasteiger partial charge in [-0.05, 0) is 18.1 Å². The number of morpholine rings is 1. The van der Waals surface area contributed by atoms with Gasteiger partial charge in [0.15, 0.2) is 0 Å². The summed E-state index contributed by atoms with van der Waals surface area (Å²) in [7, 11) is 0. The van der Waals surface area contributed by atoms with Crippen molar-refractivity contribution >= 4 is 0 Å². The second kappa shape index (κ2) is 5.97. The number of rotatable bonds is 4. The monoisotopic (exact) mass is 269 g/mol. The van der Waals surface area contributed by atoms with Crippen molar-refractivity contribution in [2.45, 2.75) is 32.3 Å². The van der Waals surface area contributed by atoms with E-state index in [9.17, 15) is 8.78 Å². The molecule has 1 N–H and O–H groups in total. The van der Waals surface area contributed by atoms with E-state index in [4.69, 9.17) is 4.74 Å². The normalized spacial score (nSPS) is 20.8. The quantitative estimate of drug-likeness (QED) is 0.907. The molecule has 1 saturated heterocycles. The predicted octanol–water partition coefficient (Wildman–Crippen LogP) is 2.97. The minimum Gasteiger partial charge on any atom is -0.375 e. The molecule has 1 fully saturated rings. The molecule has 0 spiro atoms. The largest absolute Gasteiger partial charge is 0.375 e. The standard InChI is InChI=1S/C15H21F2NO/c1-11(2)15(16,17)13-5-3-4-12(8-13)9-14-10-18-6-7-19-14/h3-5,8,11,14,18H,6-7,9-10H2,1-2H3. The van der Waals surface area contributed by atoms with E-state index in [0.29, 0.717) is 13.0 Å². The first-order chi connectivity index (χ1) is 9.00. The Morgan fingerprint density at radius 3 is 2.84 bits per heavy atom. The van der Waals surface area contributed by atoms with Crippen LogP contribution in [-0.2, 0) is 17.1 Å². The van der Waals surface area contributed by atoms with Gasteiger partial charge in [-0.15, -0.1) is 0 Å². The van der Waals surface area contributed by atoms with Gasteiger partial charge in [-0.2, -0.15) is 0 Å². The van der Waals surface area contributed by atoms with Gasteiger partial charge in [0, 0.05) is 24.6 Å². The molecule has 0 saturated carbocycles. The van der Waals surface area contributed by atoms with Crippen LogP contribution in [0.3, 0.4) is 0 Å². The van der Waals surface area contributed by atoms with Crippen molar-refractivity contribution in [2.75, 3.05) is 19.7 Å². The summed E-state index contributed by atoms with van der Waals surface area (Å²) in [4.78, 5) is 0. The first-order valence-electron chi connectivity index (χ1n) is 6.79. The van der Waals surface area contributed by atoms with Gasteiger partial charge in [0.05, 0.1) is 12.7 Å². The topological polar surface area (TPSA) is 21.3 Å². The molecule has 106 valence electrons. The maximum absolute atomic E-state index is 14.0. The number of ether oxygens (including phenoxy) is 1. The summed E-state index contributed by atoms with van der Waals surface area (Å²) in [5.74, 6) is -3.47. The predicted molar refractivity (Wildman–Crippen MR) is 71.5 cm³/mol. The van der Waals surface area contributed by atoms with Crippen molar-refractivity contribution in [1.29, 1.82) is 0 Å². The fourth-order valence-electron chi connectivity index (χ4n) is 2.25. The van der Waals surface area contributed by atoms with E-state index in [1.807, 2.05) is 6.07 Å². The highest BCUT2D eigenvalue weighted by Gasteiger charge is 2.35. The molecule has 0 bridgehead atoms. The van der Waals surface area contributed by atoms with Crippen molar-refractivity contribution in [3.63, 3.8) is 0 Å². The minimum atomic E-state index is -2.78. The summed E-state index contributed by atoms with van der Waals surface area (Å²) < 4.78 is 33.6. The van der Waals surface area contributed by atoms with Crippen LogP contribution in [0.1, 0.15) is 25.0 Å². The van der Waals surface area contributed by atoms with E-state index < -0.39 is 11.8 Å². The smallest absolute Gasteiger partial charge is 0.275 e. The Hall–Kier alpha value is -1.00. The van der Waals surface area contributed by atoms with Gasteiger partial charge in [-0.3, -0.25) is 0 Å². The molecule has 2 rings (SSSR count). The van der Waals surface area contributed by atoms with Crippen LogP contribution in [0.15, 0.2) is 24.3 Å². The van der Waals surface area contributed by atoms with Crippen LogP contribution < -0.4 is 5.32 Å². The van der Waals surface area contributed by atoms with E-state index in [1.165, 1.54) is 6.07 Å². The molecule has 0 amide bonds. The number of alkyl halides is 2. The molecule has 1 aromatic rings. The summed E-state index contributed by atoms with van der Waals surface area (Å²) in [6.07, 6.45) is 0.756. The summed E-state index contributed by atoms with van der Waals surface area (Å²) in [6, 6.07) is 6.70. The van der Waals surface area contributed by atoms with Crippen LogP contribution in [0.5, 0.6) is 0 Å². The maximum Gasteiger partial charge on any atom is 0.275 e. The van der Waals surface area contributed by atoms with Crippen LogP contribution in [-0.4, -0.2) is 25.8 Å². The van der Waals surface area contributed by atoms with Gasteiger partial charge >= 0.3 is 0 Å². The Morgan fingerprint density at radius 2 is 2.21 bits per heavy atom. The van der Waals surface area contributed by atoms with Crippen LogP contribution >= 0.6 is 0 Å². The zero-order valence-corrected chi connectivity index (χ0v) is 11.5. The van der Waals surface area contributed by atoms with E-state index in [-0.39, 0.29) is 11.7 Å². The Morgan fingerprint density at radius 1 is 1.42 bits per heavy atom. The van der Waals surface area contributed by atoms with Gasteiger partial charge < -0.3 is 10.1 Å². The van der Waals surface area contributed by atoms with Gasteiger partial charge in [0.25, 0.3) is 5.92 Å². The average molecular weight is 269 g/mol. The van der Waals surface area contributed by atoms with Crippen molar-refractivity contribution in [2.24, 2.45) is 5.92 Å². The van der Waals surface area contributed by atoms with Crippen molar-refractivity contribution in [3.8, 4) is 0 Å². The third kappa shape index (κ3) is 3.51. The van der Waals surface area contributed by atoms with Crippen LogP contribution in [0.2, 0.25) is 0 Å². The zero-order chi connectivity index (χ0) is 13.9. The summed E-state index contributed by atoms with van der Waals surface area (Å²) >= 11 is 0. The van der Waals surface area contributed by atoms with E-state index >= 15 is 0 Å². The second-order valence-corrected chi connectivity index (χ2v) is 5.38. The van der Waals surface area contributed by atoms with Crippen LogP contribution in [0.4, 0.5) is 8.78 Å². The summed E-state index contributed by atoms with van der Waals surface area (Å²) in [5, 5.41) is 3.25. The molecule has 0 radical (unpaired) electrons. The molecule has 1 aliphatic rings. The highest BCUT2D eigenvalue weighted by Crippen LogP contribution is 2.35. The lowest BCUT2D eigenvalue weighted by Crippen LogP contribution is -2.39. The molecular formula is C15H21F2NO. The SMILES string of the molecule is CC(C)C(F)(F)c1cccc(CC2CNCCO2)c1. The fourth-order valence-corrected chi connectivity index (χ4v) is 2.25.